The van der Waals surface area contributed by atoms with Crippen LogP contribution in [0.25, 0.3) is 0 Å². The first-order valence-electron chi connectivity index (χ1n) is 8.81. The summed E-state index contributed by atoms with van der Waals surface area (Å²) in [4.78, 5) is 32.6. The van der Waals surface area contributed by atoms with E-state index in [0.29, 0.717) is 19.6 Å². The van der Waals surface area contributed by atoms with Crippen molar-refractivity contribution in [2.24, 2.45) is 0 Å². The van der Waals surface area contributed by atoms with E-state index in [9.17, 15) is 9.59 Å². The summed E-state index contributed by atoms with van der Waals surface area (Å²) in [5.41, 5.74) is 2.76. The van der Waals surface area contributed by atoms with Gasteiger partial charge < -0.3 is 14.4 Å². The number of hydrogen-bond acceptors (Lipinski definition) is 6. The highest BCUT2D eigenvalue weighted by Gasteiger charge is 2.37. The zero-order valence-corrected chi connectivity index (χ0v) is 15.5. The molecule has 0 radical (unpaired) electrons. The van der Waals surface area contributed by atoms with Crippen LogP contribution in [0.15, 0.2) is 48.7 Å². The molecule has 0 saturated carbocycles. The number of aryl methyl sites for hydroxylation is 1. The number of amides is 1. The maximum absolute atomic E-state index is 12.6. The third-order valence-electron chi connectivity index (χ3n) is 4.54. The monoisotopic (exact) mass is 369 g/mol. The highest BCUT2D eigenvalue weighted by atomic mass is 16.6. The van der Waals surface area contributed by atoms with Gasteiger partial charge in [-0.25, -0.2) is 9.59 Å². The van der Waals surface area contributed by atoms with E-state index >= 15 is 0 Å². The van der Waals surface area contributed by atoms with Gasteiger partial charge in [-0.05, 0) is 24.6 Å². The van der Waals surface area contributed by atoms with Crippen LogP contribution in [0.2, 0.25) is 0 Å². The molecular weight excluding hydrogens is 346 g/mol. The zero-order valence-electron chi connectivity index (χ0n) is 15.5. The summed E-state index contributed by atoms with van der Waals surface area (Å²) in [6, 6.07) is 12.6. The Balaban J connectivity index is 1.69. The Morgan fingerprint density at radius 1 is 1.19 bits per heavy atom. The zero-order chi connectivity index (χ0) is 19.2. The minimum absolute atomic E-state index is 0.164. The molecule has 142 valence electrons. The van der Waals surface area contributed by atoms with Crippen molar-refractivity contribution in [1.29, 1.82) is 0 Å². The molecule has 7 nitrogen and oxygen atoms in total. The molecule has 0 N–H and O–H groups in total. The van der Waals surface area contributed by atoms with Gasteiger partial charge in [0, 0.05) is 37.2 Å². The molecule has 0 aliphatic carbocycles. The van der Waals surface area contributed by atoms with Crippen LogP contribution in [0, 0.1) is 6.92 Å². The molecule has 1 aliphatic rings. The molecule has 1 aliphatic heterocycles. The van der Waals surface area contributed by atoms with Gasteiger partial charge in [-0.15, -0.1) is 0 Å². The molecule has 0 spiro atoms. The van der Waals surface area contributed by atoms with Crippen LogP contribution in [-0.4, -0.2) is 54.7 Å². The molecule has 1 amide bonds. The Bertz CT molecular complexity index is 797. The van der Waals surface area contributed by atoms with Gasteiger partial charge in [0.2, 0.25) is 0 Å². The first kappa shape index (κ1) is 18.7. The van der Waals surface area contributed by atoms with E-state index in [1.165, 1.54) is 12.0 Å². The van der Waals surface area contributed by atoms with Gasteiger partial charge in [0.15, 0.2) is 6.04 Å². The van der Waals surface area contributed by atoms with Crippen molar-refractivity contribution < 1.29 is 19.1 Å². The van der Waals surface area contributed by atoms with Crippen LogP contribution < -0.4 is 4.90 Å². The Morgan fingerprint density at radius 2 is 1.96 bits per heavy atom. The van der Waals surface area contributed by atoms with Gasteiger partial charge in [0.25, 0.3) is 0 Å². The summed E-state index contributed by atoms with van der Waals surface area (Å²) in [5.74, 6) is -0.456. The van der Waals surface area contributed by atoms with Crippen LogP contribution in [0.4, 0.5) is 10.5 Å². The molecule has 7 heteroatoms. The number of carbonyl (C=O) groups excluding carboxylic acids is 2. The van der Waals surface area contributed by atoms with Crippen molar-refractivity contribution in [2.45, 2.75) is 19.6 Å². The number of esters is 1. The van der Waals surface area contributed by atoms with Gasteiger partial charge in [-0.2, -0.15) is 0 Å². The predicted molar refractivity (Wildman–Crippen MR) is 100 cm³/mol. The number of piperazine rings is 1. The van der Waals surface area contributed by atoms with Gasteiger partial charge in [0.05, 0.1) is 7.11 Å². The van der Waals surface area contributed by atoms with Crippen molar-refractivity contribution in [3.05, 3.63) is 59.9 Å². The molecule has 0 bridgehead atoms. The number of hydrogen-bond donors (Lipinski definition) is 0. The number of nitrogens with zero attached hydrogens (tertiary/aromatic N) is 3. The second-order valence-electron chi connectivity index (χ2n) is 6.37. The van der Waals surface area contributed by atoms with Gasteiger partial charge in [-0.1, -0.05) is 30.3 Å². The standard InChI is InChI=1S/C20H23N3O4/c1-15-12-17(8-9-21-15)22-10-11-23(18(13-22)19(24)26-2)20(25)27-14-16-6-4-3-5-7-16/h3-9,12,18H,10-11,13-14H2,1-2H3. The number of methoxy groups -OCH3 is 1. The third-order valence-corrected chi connectivity index (χ3v) is 4.54. The van der Waals surface area contributed by atoms with Crippen LogP contribution in [0.5, 0.6) is 0 Å². The Hall–Kier alpha value is -3.09. The normalized spacial score (nSPS) is 16.7. The third kappa shape index (κ3) is 4.55. The Labute approximate surface area is 158 Å². The van der Waals surface area contributed by atoms with E-state index in [1.54, 1.807) is 6.20 Å². The van der Waals surface area contributed by atoms with Crippen LogP contribution >= 0.6 is 0 Å². The van der Waals surface area contributed by atoms with E-state index in [1.807, 2.05) is 49.4 Å². The molecule has 1 saturated heterocycles. The van der Waals surface area contributed by atoms with Crippen LogP contribution in [0.3, 0.4) is 0 Å². The molecule has 1 unspecified atom stereocenters. The van der Waals surface area contributed by atoms with Crippen LogP contribution in [-0.2, 0) is 20.9 Å². The minimum Gasteiger partial charge on any atom is -0.467 e. The summed E-state index contributed by atoms with van der Waals surface area (Å²) >= 11 is 0. The molecule has 1 aromatic heterocycles. The average molecular weight is 369 g/mol. The summed E-state index contributed by atoms with van der Waals surface area (Å²) in [5, 5.41) is 0. The van der Waals surface area contributed by atoms with Gasteiger partial charge in [-0.3, -0.25) is 9.88 Å². The van der Waals surface area contributed by atoms with E-state index in [4.69, 9.17) is 9.47 Å². The smallest absolute Gasteiger partial charge is 0.410 e. The SMILES string of the molecule is COC(=O)C1CN(c2ccnc(C)c2)CCN1C(=O)OCc1ccccc1. The fraction of sp³-hybridized carbons (Fsp3) is 0.350. The maximum atomic E-state index is 12.6. The Morgan fingerprint density at radius 3 is 2.67 bits per heavy atom. The van der Waals surface area contributed by atoms with Crippen molar-refractivity contribution in [3.8, 4) is 0 Å². The van der Waals surface area contributed by atoms with E-state index in [-0.39, 0.29) is 6.61 Å². The lowest BCUT2D eigenvalue weighted by molar-refractivity contribution is -0.146. The lowest BCUT2D eigenvalue weighted by atomic mass is 10.1. The predicted octanol–water partition coefficient (Wildman–Crippen LogP) is 2.39. The number of ether oxygens (including phenoxy) is 2. The summed E-state index contributed by atoms with van der Waals surface area (Å²) < 4.78 is 10.3. The second-order valence-corrected chi connectivity index (χ2v) is 6.37. The maximum Gasteiger partial charge on any atom is 0.410 e. The van der Waals surface area contributed by atoms with Crippen molar-refractivity contribution in [2.75, 3.05) is 31.6 Å². The number of carbonyl (C=O) groups is 2. The van der Waals surface area contributed by atoms with Gasteiger partial charge >= 0.3 is 12.1 Å². The van der Waals surface area contributed by atoms with Crippen LogP contribution in [0.1, 0.15) is 11.3 Å². The number of benzene rings is 1. The number of aromatic nitrogens is 1. The molecular formula is C20H23N3O4. The molecule has 2 aromatic rings. The highest BCUT2D eigenvalue weighted by molar-refractivity contribution is 5.82. The fourth-order valence-electron chi connectivity index (χ4n) is 3.10. The van der Waals surface area contributed by atoms with Crippen molar-refractivity contribution >= 4 is 17.7 Å². The van der Waals surface area contributed by atoms with E-state index in [2.05, 4.69) is 9.88 Å². The molecule has 3 rings (SSSR count). The first-order valence-corrected chi connectivity index (χ1v) is 8.81. The van der Waals surface area contributed by atoms with Crippen molar-refractivity contribution in [3.63, 3.8) is 0 Å². The largest absolute Gasteiger partial charge is 0.467 e. The fourth-order valence-corrected chi connectivity index (χ4v) is 3.10. The lowest BCUT2D eigenvalue weighted by Gasteiger charge is -2.40. The average Bonchev–Trinajstić information content (AvgIpc) is 2.71. The molecule has 27 heavy (non-hydrogen) atoms. The lowest BCUT2D eigenvalue weighted by Crippen LogP contribution is -2.58. The Kier molecular flexibility index (Phi) is 5.90. The molecule has 1 aromatic carbocycles. The van der Waals surface area contributed by atoms with Crippen molar-refractivity contribution in [1.82, 2.24) is 9.88 Å². The minimum atomic E-state index is -0.722. The number of anilines is 1. The number of rotatable bonds is 4. The van der Waals surface area contributed by atoms with Gasteiger partial charge in [0.1, 0.15) is 6.61 Å². The quantitative estimate of drug-likeness (QED) is 0.771. The summed E-state index contributed by atoms with van der Waals surface area (Å²) in [6.45, 7) is 3.39. The second kappa shape index (κ2) is 8.53. The number of pyridine rings is 1. The van der Waals surface area contributed by atoms with E-state index < -0.39 is 18.1 Å². The topological polar surface area (TPSA) is 72.0 Å². The summed E-state index contributed by atoms with van der Waals surface area (Å²) in [6.07, 6.45) is 1.22. The van der Waals surface area contributed by atoms with E-state index in [0.717, 1.165) is 16.9 Å². The molecule has 1 fully saturated rings. The highest BCUT2D eigenvalue weighted by Crippen LogP contribution is 2.21. The first-order chi connectivity index (χ1) is 13.1. The molecule has 1 atom stereocenters. The summed E-state index contributed by atoms with van der Waals surface area (Å²) in [7, 11) is 1.32. The molecule has 2 heterocycles.